The van der Waals surface area contributed by atoms with Crippen LogP contribution in [0.25, 0.3) is 22.4 Å². The molecule has 0 amide bonds. The third-order valence-electron chi connectivity index (χ3n) is 5.24. The maximum atomic E-state index is 13.4. The van der Waals surface area contributed by atoms with E-state index in [-0.39, 0.29) is 11.5 Å². The summed E-state index contributed by atoms with van der Waals surface area (Å²) in [5, 5.41) is 0.784. The van der Waals surface area contributed by atoms with Crippen LogP contribution in [0.3, 0.4) is 0 Å². The molecule has 158 valence electrons. The molecule has 0 aliphatic carbocycles. The molecule has 2 aromatic carbocycles. The van der Waals surface area contributed by atoms with E-state index in [0.29, 0.717) is 27.6 Å². The average Bonchev–Trinajstić information content (AvgIpc) is 2.76. The average molecular weight is 437 g/mol. The smallest absolute Gasteiger partial charge is 0.280 e. The summed E-state index contributed by atoms with van der Waals surface area (Å²) >= 11 is 1.42. The topological polar surface area (TPSA) is 69.8 Å². The molecule has 0 N–H and O–H groups in total. The Balaban J connectivity index is 1.92. The summed E-state index contributed by atoms with van der Waals surface area (Å²) in [6.07, 6.45) is 0. The molecule has 0 saturated carbocycles. The van der Waals surface area contributed by atoms with Crippen LogP contribution >= 0.6 is 11.8 Å². The fraction of sp³-hybridized carbons (Fsp3) is 0.217. The Hall–Kier alpha value is -3.26. The van der Waals surface area contributed by atoms with Gasteiger partial charge in [-0.15, -0.1) is 11.8 Å². The first-order chi connectivity index (χ1) is 14.8. The van der Waals surface area contributed by atoms with E-state index in [1.807, 2.05) is 13.8 Å². The number of aryl methyl sites for hydroxylation is 3. The summed E-state index contributed by atoms with van der Waals surface area (Å²) in [5.74, 6) is 0.573. The molecule has 31 heavy (non-hydrogen) atoms. The van der Waals surface area contributed by atoms with Gasteiger partial charge in [-0.3, -0.25) is 13.9 Å². The molecule has 0 saturated heterocycles. The van der Waals surface area contributed by atoms with Crippen LogP contribution in [0.15, 0.2) is 57.1 Å². The molecule has 6 nitrogen and oxygen atoms in total. The van der Waals surface area contributed by atoms with Crippen molar-refractivity contribution in [2.24, 2.45) is 14.1 Å². The van der Waals surface area contributed by atoms with Crippen molar-refractivity contribution in [2.45, 2.75) is 24.6 Å². The minimum atomic E-state index is -0.466. The van der Waals surface area contributed by atoms with Gasteiger partial charge in [0.2, 0.25) is 0 Å². The molecule has 4 aromatic rings. The number of hydrogen-bond donors (Lipinski definition) is 0. The van der Waals surface area contributed by atoms with Crippen LogP contribution < -0.4 is 11.2 Å². The fourth-order valence-corrected chi connectivity index (χ4v) is 4.44. The Kier molecular flexibility index (Phi) is 5.49. The Bertz CT molecular complexity index is 1430. The molecule has 2 aromatic heterocycles. The largest absolute Gasteiger partial charge is 0.332 e. The van der Waals surface area contributed by atoms with E-state index in [2.05, 4.69) is 28.2 Å². The van der Waals surface area contributed by atoms with Gasteiger partial charge in [0.25, 0.3) is 5.56 Å². The van der Waals surface area contributed by atoms with Crippen molar-refractivity contribution in [3.8, 4) is 11.4 Å². The second kappa shape index (κ2) is 8.11. The van der Waals surface area contributed by atoms with Gasteiger partial charge in [0, 0.05) is 25.4 Å². The highest BCUT2D eigenvalue weighted by Gasteiger charge is 2.18. The van der Waals surface area contributed by atoms with Gasteiger partial charge in [-0.25, -0.2) is 19.2 Å². The standard InChI is InChI=1S/C23H21FN4O2S/c1-13-5-6-14(2)16(11-13)12-31-21-18-20(27(3)23(30)28(4)22(18)29)25-19(26-21)15-7-9-17(24)10-8-15/h5-11H,12H2,1-4H3. The number of rotatable bonds is 4. The summed E-state index contributed by atoms with van der Waals surface area (Å²) in [6.45, 7) is 4.08. The van der Waals surface area contributed by atoms with Gasteiger partial charge in [-0.05, 0) is 49.2 Å². The van der Waals surface area contributed by atoms with Crippen LogP contribution in [0.1, 0.15) is 16.7 Å². The van der Waals surface area contributed by atoms with Gasteiger partial charge < -0.3 is 0 Å². The molecule has 0 unspecified atom stereocenters. The zero-order valence-electron chi connectivity index (χ0n) is 17.6. The van der Waals surface area contributed by atoms with Gasteiger partial charge in [0.1, 0.15) is 16.2 Å². The van der Waals surface area contributed by atoms with E-state index in [1.54, 1.807) is 19.2 Å². The summed E-state index contributed by atoms with van der Waals surface area (Å²) in [6, 6.07) is 12.0. The molecule has 0 bridgehead atoms. The predicted molar refractivity (Wildman–Crippen MR) is 121 cm³/mol. The van der Waals surface area contributed by atoms with Crippen molar-refractivity contribution in [1.29, 1.82) is 0 Å². The lowest BCUT2D eigenvalue weighted by atomic mass is 10.1. The monoisotopic (exact) mass is 436 g/mol. The van der Waals surface area contributed by atoms with Gasteiger partial charge in [0.05, 0.1) is 0 Å². The molecule has 0 atom stereocenters. The predicted octanol–water partition coefficient (Wildman–Crippen LogP) is 3.74. The molecule has 0 aliphatic heterocycles. The first-order valence-electron chi connectivity index (χ1n) is 9.69. The van der Waals surface area contributed by atoms with E-state index >= 15 is 0 Å². The molecule has 0 spiro atoms. The Morgan fingerprint density at radius 3 is 2.39 bits per heavy atom. The lowest BCUT2D eigenvalue weighted by Crippen LogP contribution is -2.37. The maximum Gasteiger partial charge on any atom is 0.332 e. The van der Waals surface area contributed by atoms with E-state index in [4.69, 9.17) is 0 Å². The van der Waals surface area contributed by atoms with Gasteiger partial charge >= 0.3 is 5.69 Å². The first-order valence-corrected chi connectivity index (χ1v) is 10.7. The van der Waals surface area contributed by atoms with Gasteiger partial charge in [0.15, 0.2) is 11.5 Å². The Morgan fingerprint density at radius 1 is 0.968 bits per heavy atom. The van der Waals surface area contributed by atoms with Crippen LogP contribution in [-0.2, 0) is 19.8 Å². The molecule has 8 heteroatoms. The van der Waals surface area contributed by atoms with Crippen molar-refractivity contribution < 1.29 is 4.39 Å². The van der Waals surface area contributed by atoms with Gasteiger partial charge in [-0.1, -0.05) is 23.8 Å². The Morgan fingerprint density at radius 2 is 1.68 bits per heavy atom. The lowest BCUT2D eigenvalue weighted by Gasteiger charge is -2.13. The van der Waals surface area contributed by atoms with E-state index < -0.39 is 11.2 Å². The van der Waals surface area contributed by atoms with Crippen LogP contribution in [-0.4, -0.2) is 19.1 Å². The molecule has 0 aliphatic rings. The van der Waals surface area contributed by atoms with Crippen molar-refractivity contribution in [3.05, 3.63) is 85.8 Å². The van der Waals surface area contributed by atoms with Crippen LogP contribution in [0.5, 0.6) is 0 Å². The lowest BCUT2D eigenvalue weighted by molar-refractivity contribution is 0.628. The fourth-order valence-electron chi connectivity index (χ4n) is 3.36. The normalized spacial score (nSPS) is 11.3. The highest BCUT2D eigenvalue weighted by molar-refractivity contribution is 7.98. The molecular weight excluding hydrogens is 415 g/mol. The quantitative estimate of drug-likeness (QED) is 0.360. The summed E-state index contributed by atoms with van der Waals surface area (Å²) in [4.78, 5) is 34.6. The highest BCUT2D eigenvalue weighted by Crippen LogP contribution is 2.29. The minimum absolute atomic E-state index is 0.255. The van der Waals surface area contributed by atoms with E-state index in [1.165, 1.54) is 35.5 Å². The third kappa shape index (κ3) is 3.90. The Labute approximate surface area is 182 Å². The summed E-state index contributed by atoms with van der Waals surface area (Å²) in [7, 11) is 3.02. The van der Waals surface area contributed by atoms with Crippen molar-refractivity contribution in [1.82, 2.24) is 19.1 Å². The molecule has 4 rings (SSSR count). The van der Waals surface area contributed by atoms with Gasteiger partial charge in [-0.2, -0.15) is 0 Å². The zero-order chi connectivity index (χ0) is 22.3. The van der Waals surface area contributed by atoms with Crippen LogP contribution in [0.2, 0.25) is 0 Å². The zero-order valence-corrected chi connectivity index (χ0v) is 18.5. The molecule has 0 fully saturated rings. The van der Waals surface area contributed by atoms with Crippen LogP contribution in [0, 0.1) is 19.7 Å². The highest BCUT2D eigenvalue weighted by atomic mass is 32.2. The minimum Gasteiger partial charge on any atom is -0.280 e. The third-order valence-corrected chi connectivity index (χ3v) is 6.26. The SMILES string of the molecule is Cc1ccc(C)c(CSc2nc(-c3ccc(F)cc3)nc3c2c(=O)n(C)c(=O)n3C)c1. The number of fused-ring (bicyclic) bond motifs is 1. The summed E-state index contributed by atoms with van der Waals surface area (Å²) < 4.78 is 15.8. The second-order valence-corrected chi connectivity index (χ2v) is 8.45. The molecule has 0 radical (unpaired) electrons. The molecular formula is C23H21FN4O2S. The number of halogens is 1. The molecule has 2 heterocycles. The van der Waals surface area contributed by atoms with Crippen molar-refractivity contribution >= 4 is 22.8 Å². The van der Waals surface area contributed by atoms with E-state index in [0.717, 1.165) is 21.3 Å². The number of aromatic nitrogens is 4. The number of benzene rings is 2. The first kappa shape index (κ1) is 21.0. The number of hydrogen-bond acceptors (Lipinski definition) is 5. The van der Waals surface area contributed by atoms with Crippen molar-refractivity contribution in [2.75, 3.05) is 0 Å². The second-order valence-electron chi connectivity index (χ2n) is 7.48. The van der Waals surface area contributed by atoms with Crippen LogP contribution in [0.4, 0.5) is 4.39 Å². The summed E-state index contributed by atoms with van der Waals surface area (Å²) in [5.41, 5.74) is 3.39. The number of nitrogens with zero attached hydrogens (tertiary/aromatic N) is 4. The van der Waals surface area contributed by atoms with E-state index in [9.17, 15) is 14.0 Å². The maximum absolute atomic E-state index is 13.4. The number of thioether (sulfide) groups is 1. The van der Waals surface area contributed by atoms with Crippen molar-refractivity contribution in [3.63, 3.8) is 0 Å².